The van der Waals surface area contributed by atoms with Gasteiger partial charge in [-0.15, -0.1) is 10.2 Å². The van der Waals surface area contributed by atoms with Crippen LogP contribution >= 0.6 is 0 Å². The lowest BCUT2D eigenvalue weighted by atomic mass is 9.89. The normalized spacial score (nSPS) is 18.2. The molecule has 6 nitrogen and oxygen atoms in total. The van der Waals surface area contributed by atoms with E-state index in [-0.39, 0.29) is 5.41 Å². The van der Waals surface area contributed by atoms with Crippen molar-refractivity contribution in [1.29, 1.82) is 0 Å². The first-order valence-electron chi connectivity index (χ1n) is 8.63. The average molecular weight is 316 g/mol. The molecule has 6 heteroatoms. The Bertz CT molecular complexity index is 635. The highest BCUT2D eigenvalue weighted by Crippen LogP contribution is 2.24. The minimum atomic E-state index is 0.103. The van der Waals surface area contributed by atoms with Crippen molar-refractivity contribution in [3.8, 4) is 0 Å². The van der Waals surface area contributed by atoms with E-state index in [1.807, 2.05) is 6.20 Å². The lowest BCUT2D eigenvalue weighted by molar-refractivity contribution is 0.342. The molecule has 2 aromatic heterocycles. The molecule has 0 radical (unpaired) electrons. The van der Waals surface area contributed by atoms with Gasteiger partial charge in [0.25, 0.3) is 0 Å². The number of aromatic nitrogens is 5. The summed E-state index contributed by atoms with van der Waals surface area (Å²) >= 11 is 0. The third kappa shape index (κ3) is 3.47. The summed E-state index contributed by atoms with van der Waals surface area (Å²) in [6.45, 7) is 11.7. The number of rotatable bonds is 5. The first-order valence-corrected chi connectivity index (χ1v) is 8.63. The maximum Gasteiger partial charge on any atom is 0.133 e. The summed E-state index contributed by atoms with van der Waals surface area (Å²) in [6, 6.07) is 0. The zero-order chi connectivity index (χ0) is 16.4. The molecule has 0 spiro atoms. The van der Waals surface area contributed by atoms with Gasteiger partial charge < -0.3 is 9.88 Å². The van der Waals surface area contributed by atoms with Gasteiger partial charge in [0.05, 0.1) is 6.20 Å². The fraction of sp³-hybridized carbons (Fsp3) is 0.706. The van der Waals surface area contributed by atoms with E-state index < -0.39 is 0 Å². The summed E-state index contributed by atoms with van der Waals surface area (Å²) < 4.78 is 2.31. The molecule has 0 saturated carbocycles. The molecule has 0 aliphatic carbocycles. The summed E-state index contributed by atoms with van der Waals surface area (Å²) in [4.78, 5) is 0. The number of aryl methyl sites for hydroxylation is 2. The van der Waals surface area contributed by atoms with E-state index in [1.165, 1.54) is 17.7 Å². The zero-order valence-electron chi connectivity index (χ0n) is 14.7. The van der Waals surface area contributed by atoms with Crippen LogP contribution in [0.15, 0.2) is 6.20 Å². The molecular weight excluding hydrogens is 288 g/mol. The lowest BCUT2D eigenvalue weighted by Crippen LogP contribution is -2.31. The van der Waals surface area contributed by atoms with Gasteiger partial charge in [0.1, 0.15) is 11.6 Å². The van der Waals surface area contributed by atoms with Crippen molar-refractivity contribution in [2.24, 2.45) is 5.92 Å². The van der Waals surface area contributed by atoms with Crippen molar-refractivity contribution < 1.29 is 0 Å². The van der Waals surface area contributed by atoms with Crippen LogP contribution in [0.1, 0.15) is 57.0 Å². The van der Waals surface area contributed by atoms with Gasteiger partial charge in [-0.2, -0.15) is 5.10 Å². The summed E-state index contributed by atoms with van der Waals surface area (Å²) in [5.41, 5.74) is 2.60. The Morgan fingerprint density at radius 3 is 2.91 bits per heavy atom. The van der Waals surface area contributed by atoms with E-state index in [1.54, 1.807) is 0 Å². The molecule has 2 N–H and O–H groups in total. The quantitative estimate of drug-likeness (QED) is 0.887. The van der Waals surface area contributed by atoms with Crippen LogP contribution in [-0.4, -0.2) is 31.5 Å². The van der Waals surface area contributed by atoms with E-state index in [2.05, 4.69) is 58.0 Å². The molecule has 3 rings (SSSR count). The van der Waals surface area contributed by atoms with Crippen LogP contribution in [0, 0.1) is 5.92 Å². The third-order valence-electron chi connectivity index (χ3n) is 4.65. The van der Waals surface area contributed by atoms with Crippen LogP contribution < -0.4 is 5.32 Å². The van der Waals surface area contributed by atoms with E-state index in [4.69, 9.17) is 0 Å². The largest absolute Gasteiger partial charge is 0.315 e. The SMILES string of the molecule is CCc1nnc2n1C[C@@H](CNCc1cn[nH]c1C(C)(C)C)CC2. The van der Waals surface area contributed by atoms with Crippen LogP contribution in [0.5, 0.6) is 0 Å². The molecule has 0 unspecified atom stereocenters. The molecule has 0 amide bonds. The van der Waals surface area contributed by atoms with Crippen molar-refractivity contribution in [3.05, 3.63) is 29.1 Å². The summed E-state index contributed by atoms with van der Waals surface area (Å²) in [5.74, 6) is 2.92. The van der Waals surface area contributed by atoms with Gasteiger partial charge in [-0.1, -0.05) is 27.7 Å². The fourth-order valence-corrected chi connectivity index (χ4v) is 3.38. The van der Waals surface area contributed by atoms with Crippen molar-refractivity contribution in [2.45, 2.75) is 65.5 Å². The number of nitrogens with zero attached hydrogens (tertiary/aromatic N) is 4. The molecule has 0 fully saturated rings. The van der Waals surface area contributed by atoms with E-state index in [9.17, 15) is 0 Å². The van der Waals surface area contributed by atoms with Gasteiger partial charge in [-0.3, -0.25) is 5.10 Å². The van der Waals surface area contributed by atoms with Crippen LogP contribution in [0.25, 0.3) is 0 Å². The number of aromatic amines is 1. The van der Waals surface area contributed by atoms with E-state index in [0.29, 0.717) is 5.92 Å². The molecule has 1 aliphatic heterocycles. The van der Waals surface area contributed by atoms with Gasteiger partial charge >= 0.3 is 0 Å². The van der Waals surface area contributed by atoms with Gasteiger partial charge in [-0.25, -0.2) is 0 Å². The second-order valence-electron chi connectivity index (χ2n) is 7.55. The molecule has 3 heterocycles. The van der Waals surface area contributed by atoms with E-state index in [0.717, 1.165) is 44.1 Å². The fourth-order valence-electron chi connectivity index (χ4n) is 3.38. The Balaban J connectivity index is 1.55. The Hall–Kier alpha value is -1.69. The van der Waals surface area contributed by atoms with Crippen molar-refractivity contribution in [1.82, 2.24) is 30.3 Å². The van der Waals surface area contributed by atoms with Crippen LogP contribution in [-0.2, 0) is 31.3 Å². The standard InChI is InChI=1S/C17H28N6/c1-5-14-20-21-15-7-6-12(11-23(14)15)8-18-9-13-10-19-22-16(13)17(2,3)4/h10,12,18H,5-9,11H2,1-4H3,(H,19,22)/t12-/m1/s1. The van der Waals surface area contributed by atoms with Gasteiger partial charge in [0, 0.05) is 42.6 Å². The minimum Gasteiger partial charge on any atom is -0.315 e. The summed E-state index contributed by atoms with van der Waals surface area (Å²) in [6.07, 6.45) is 5.13. The molecule has 0 aromatic carbocycles. The predicted molar refractivity (Wildman–Crippen MR) is 90.2 cm³/mol. The van der Waals surface area contributed by atoms with Crippen molar-refractivity contribution >= 4 is 0 Å². The van der Waals surface area contributed by atoms with Crippen LogP contribution in [0.4, 0.5) is 0 Å². The topological polar surface area (TPSA) is 71.4 Å². The Morgan fingerprint density at radius 1 is 1.35 bits per heavy atom. The highest BCUT2D eigenvalue weighted by molar-refractivity contribution is 5.23. The van der Waals surface area contributed by atoms with E-state index >= 15 is 0 Å². The van der Waals surface area contributed by atoms with Crippen LogP contribution in [0.3, 0.4) is 0 Å². The highest BCUT2D eigenvalue weighted by atomic mass is 15.3. The number of H-pyrrole nitrogens is 1. The number of hydrogen-bond acceptors (Lipinski definition) is 4. The average Bonchev–Trinajstić information content (AvgIpc) is 3.12. The molecule has 23 heavy (non-hydrogen) atoms. The Kier molecular flexibility index (Phi) is 4.53. The number of nitrogens with one attached hydrogen (secondary N) is 2. The second-order valence-corrected chi connectivity index (χ2v) is 7.55. The molecule has 0 bridgehead atoms. The summed E-state index contributed by atoms with van der Waals surface area (Å²) in [5, 5.41) is 19.6. The molecule has 1 aliphatic rings. The smallest absolute Gasteiger partial charge is 0.133 e. The highest BCUT2D eigenvalue weighted by Gasteiger charge is 2.23. The first kappa shape index (κ1) is 16.2. The van der Waals surface area contributed by atoms with Crippen LogP contribution in [0.2, 0.25) is 0 Å². The summed E-state index contributed by atoms with van der Waals surface area (Å²) in [7, 11) is 0. The third-order valence-corrected chi connectivity index (χ3v) is 4.65. The predicted octanol–water partition coefficient (Wildman–Crippen LogP) is 2.21. The molecule has 0 saturated heterocycles. The molecule has 126 valence electrons. The second kappa shape index (κ2) is 6.43. The lowest BCUT2D eigenvalue weighted by Gasteiger charge is -2.25. The molecule has 1 atom stereocenters. The Labute approximate surface area is 138 Å². The first-order chi connectivity index (χ1) is 11.0. The maximum atomic E-state index is 4.30. The Morgan fingerprint density at radius 2 is 2.17 bits per heavy atom. The van der Waals surface area contributed by atoms with Crippen molar-refractivity contribution in [3.63, 3.8) is 0 Å². The molecule has 2 aromatic rings. The van der Waals surface area contributed by atoms with Crippen molar-refractivity contribution in [2.75, 3.05) is 6.54 Å². The zero-order valence-corrected chi connectivity index (χ0v) is 14.7. The minimum absolute atomic E-state index is 0.103. The molecular formula is C17H28N6. The number of hydrogen-bond donors (Lipinski definition) is 2. The number of fused-ring (bicyclic) bond motifs is 1. The maximum absolute atomic E-state index is 4.30. The monoisotopic (exact) mass is 316 g/mol. The van der Waals surface area contributed by atoms with Gasteiger partial charge in [0.15, 0.2) is 0 Å². The van der Waals surface area contributed by atoms with Gasteiger partial charge in [-0.05, 0) is 18.9 Å². The van der Waals surface area contributed by atoms with Gasteiger partial charge in [0.2, 0.25) is 0 Å².